The summed E-state index contributed by atoms with van der Waals surface area (Å²) in [5.41, 5.74) is 1.73. The lowest BCUT2D eigenvalue weighted by Crippen LogP contribution is -2.14. The molecular weight excluding hydrogens is 282 g/mol. The Morgan fingerprint density at radius 3 is 2.29 bits per heavy atom. The van der Waals surface area contributed by atoms with E-state index in [2.05, 4.69) is 17.9 Å². The first-order chi connectivity index (χ1) is 10.0. The summed E-state index contributed by atoms with van der Waals surface area (Å²) in [6, 6.07) is 15.0. The van der Waals surface area contributed by atoms with Crippen molar-refractivity contribution in [2.45, 2.75) is 31.3 Å². The van der Waals surface area contributed by atoms with Crippen LogP contribution in [0.1, 0.15) is 19.4 Å². The second kappa shape index (κ2) is 7.18. The molecule has 0 unspecified atom stereocenters. The Morgan fingerprint density at radius 1 is 1.10 bits per heavy atom. The molecule has 0 atom stereocenters. The molecule has 4 heteroatoms. The molecule has 1 amide bonds. The maximum Gasteiger partial charge on any atom is 0.228 e. The van der Waals surface area contributed by atoms with Crippen LogP contribution in [0.3, 0.4) is 0 Å². The van der Waals surface area contributed by atoms with Crippen molar-refractivity contribution in [3.63, 3.8) is 0 Å². The highest BCUT2D eigenvalue weighted by molar-refractivity contribution is 7.80. The van der Waals surface area contributed by atoms with Crippen LogP contribution in [0.5, 0.6) is 5.75 Å². The number of benzene rings is 2. The van der Waals surface area contributed by atoms with Gasteiger partial charge in [0.1, 0.15) is 5.75 Å². The van der Waals surface area contributed by atoms with Crippen molar-refractivity contribution in [1.29, 1.82) is 0 Å². The number of hydrogen-bond donors (Lipinski definition) is 2. The number of rotatable bonds is 5. The van der Waals surface area contributed by atoms with Crippen LogP contribution in [-0.2, 0) is 11.2 Å². The van der Waals surface area contributed by atoms with Crippen LogP contribution in [-0.4, -0.2) is 12.0 Å². The average molecular weight is 301 g/mol. The summed E-state index contributed by atoms with van der Waals surface area (Å²) < 4.78 is 5.56. The maximum atomic E-state index is 12.0. The third-order valence-electron chi connectivity index (χ3n) is 2.81. The van der Waals surface area contributed by atoms with Gasteiger partial charge < -0.3 is 10.1 Å². The van der Waals surface area contributed by atoms with Gasteiger partial charge in [0, 0.05) is 10.6 Å². The Bertz CT molecular complexity index is 591. The van der Waals surface area contributed by atoms with E-state index in [1.807, 2.05) is 62.4 Å². The normalized spacial score (nSPS) is 10.5. The standard InChI is InChI=1S/C17H19NO2S/c1-12(2)20-15-7-5-14(6-8-15)18-17(19)11-13-3-9-16(21)10-4-13/h3-10,12,21H,11H2,1-2H3,(H,18,19). The number of anilines is 1. The van der Waals surface area contributed by atoms with Gasteiger partial charge in [-0.25, -0.2) is 0 Å². The fourth-order valence-corrected chi connectivity index (χ4v) is 2.04. The molecule has 0 spiro atoms. The number of carbonyl (C=O) groups excluding carboxylic acids is 1. The van der Waals surface area contributed by atoms with E-state index in [0.717, 1.165) is 21.9 Å². The molecule has 2 aromatic rings. The van der Waals surface area contributed by atoms with Gasteiger partial charge in [-0.2, -0.15) is 0 Å². The predicted octanol–water partition coefficient (Wildman–Crippen LogP) is 3.94. The zero-order valence-electron chi connectivity index (χ0n) is 12.2. The molecule has 0 saturated carbocycles. The van der Waals surface area contributed by atoms with Crippen LogP contribution in [0.25, 0.3) is 0 Å². The molecule has 0 heterocycles. The number of nitrogens with one attached hydrogen (secondary N) is 1. The highest BCUT2D eigenvalue weighted by Gasteiger charge is 2.05. The average Bonchev–Trinajstić information content (AvgIpc) is 2.43. The van der Waals surface area contributed by atoms with Crippen LogP contribution < -0.4 is 10.1 Å². The topological polar surface area (TPSA) is 38.3 Å². The van der Waals surface area contributed by atoms with E-state index >= 15 is 0 Å². The molecule has 2 rings (SSSR count). The Hall–Kier alpha value is -1.94. The van der Waals surface area contributed by atoms with Crippen LogP contribution in [0, 0.1) is 0 Å². The molecule has 0 aromatic heterocycles. The minimum atomic E-state index is -0.0422. The predicted molar refractivity (Wildman–Crippen MR) is 88.2 cm³/mol. The molecule has 0 radical (unpaired) electrons. The van der Waals surface area contributed by atoms with Crippen LogP contribution in [0.2, 0.25) is 0 Å². The van der Waals surface area contributed by atoms with Gasteiger partial charge in [-0.1, -0.05) is 12.1 Å². The van der Waals surface area contributed by atoms with Crippen molar-refractivity contribution in [2.75, 3.05) is 5.32 Å². The summed E-state index contributed by atoms with van der Waals surface area (Å²) in [5.74, 6) is 0.756. The maximum absolute atomic E-state index is 12.0. The third kappa shape index (κ3) is 5.16. The SMILES string of the molecule is CC(C)Oc1ccc(NC(=O)Cc2ccc(S)cc2)cc1. The molecule has 0 saturated heterocycles. The van der Waals surface area contributed by atoms with Crippen molar-refractivity contribution < 1.29 is 9.53 Å². The first-order valence-corrected chi connectivity index (χ1v) is 7.32. The third-order valence-corrected chi connectivity index (χ3v) is 3.11. The van der Waals surface area contributed by atoms with E-state index in [9.17, 15) is 4.79 Å². The highest BCUT2D eigenvalue weighted by atomic mass is 32.1. The Morgan fingerprint density at radius 2 is 1.71 bits per heavy atom. The Balaban J connectivity index is 1.91. The van der Waals surface area contributed by atoms with Crippen molar-refractivity contribution in [1.82, 2.24) is 0 Å². The minimum Gasteiger partial charge on any atom is -0.491 e. The quantitative estimate of drug-likeness (QED) is 0.821. The van der Waals surface area contributed by atoms with Gasteiger partial charge in [-0.3, -0.25) is 4.79 Å². The smallest absolute Gasteiger partial charge is 0.228 e. The summed E-state index contributed by atoms with van der Waals surface area (Å²) in [7, 11) is 0. The lowest BCUT2D eigenvalue weighted by Gasteiger charge is -2.10. The molecule has 2 aromatic carbocycles. The Kier molecular flexibility index (Phi) is 5.28. The molecule has 21 heavy (non-hydrogen) atoms. The molecule has 0 fully saturated rings. The van der Waals surface area contributed by atoms with E-state index in [1.165, 1.54) is 0 Å². The van der Waals surface area contributed by atoms with Crippen molar-refractivity contribution in [3.05, 3.63) is 54.1 Å². The van der Waals surface area contributed by atoms with Crippen molar-refractivity contribution >= 4 is 24.2 Å². The van der Waals surface area contributed by atoms with Gasteiger partial charge in [0.15, 0.2) is 0 Å². The number of thiol groups is 1. The fraction of sp³-hybridized carbons (Fsp3) is 0.235. The van der Waals surface area contributed by atoms with E-state index in [0.29, 0.717) is 6.42 Å². The molecule has 0 aliphatic heterocycles. The van der Waals surface area contributed by atoms with E-state index < -0.39 is 0 Å². The second-order valence-corrected chi connectivity index (χ2v) is 5.60. The molecule has 0 aliphatic carbocycles. The van der Waals surface area contributed by atoms with Crippen molar-refractivity contribution in [2.24, 2.45) is 0 Å². The molecule has 0 bridgehead atoms. The highest BCUT2D eigenvalue weighted by Crippen LogP contribution is 2.17. The number of carbonyl (C=O) groups is 1. The largest absolute Gasteiger partial charge is 0.491 e. The molecule has 3 nitrogen and oxygen atoms in total. The van der Waals surface area contributed by atoms with E-state index in [1.54, 1.807) is 0 Å². The summed E-state index contributed by atoms with van der Waals surface area (Å²) in [6.45, 7) is 3.96. The first kappa shape index (κ1) is 15.4. The van der Waals surface area contributed by atoms with Crippen molar-refractivity contribution in [3.8, 4) is 5.75 Å². The summed E-state index contributed by atoms with van der Waals surface area (Å²) in [4.78, 5) is 12.9. The molecule has 0 aliphatic rings. The number of amides is 1. The summed E-state index contributed by atoms with van der Waals surface area (Å²) in [6.07, 6.45) is 0.485. The van der Waals surface area contributed by atoms with E-state index in [4.69, 9.17) is 4.74 Å². The van der Waals surface area contributed by atoms with Crippen LogP contribution in [0.15, 0.2) is 53.4 Å². The molecule has 1 N–H and O–H groups in total. The summed E-state index contributed by atoms with van der Waals surface area (Å²) in [5, 5.41) is 2.87. The van der Waals surface area contributed by atoms with Gasteiger partial charge in [-0.05, 0) is 55.8 Å². The number of ether oxygens (including phenoxy) is 1. The van der Waals surface area contributed by atoms with Gasteiger partial charge >= 0.3 is 0 Å². The zero-order valence-corrected chi connectivity index (χ0v) is 13.1. The molecular formula is C17H19NO2S. The lowest BCUT2D eigenvalue weighted by atomic mass is 10.1. The monoisotopic (exact) mass is 301 g/mol. The minimum absolute atomic E-state index is 0.0422. The van der Waals surface area contributed by atoms with Crippen LogP contribution >= 0.6 is 12.6 Å². The summed E-state index contributed by atoms with van der Waals surface area (Å²) >= 11 is 4.22. The zero-order chi connectivity index (χ0) is 15.2. The van der Waals surface area contributed by atoms with Gasteiger partial charge in [0.05, 0.1) is 12.5 Å². The first-order valence-electron chi connectivity index (χ1n) is 6.87. The fourth-order valence-electron chi connectivity index (χ4n) is 1.89. The second-order valence-electron chi connectivity index (χ2n) is 5.08. The van der Waals surface area contributed by atoms with Crippen LogP contribution in [0.4, 0.5) is 5.69 Å². The van der Waals surface area contributed by atoms with Gasteiger partial charge in [0.2, 0.25) is 5.91 Å². The van der Waals surface area contributed by atoms with Gasteiger partial charge in [0.25, 0.3) is 0 Å². The molecule has 110 valence electrons. The lowest BCUT2D eigenvalue weighted by molar-refractivity contribution is -0.115. The van der Waals surface area contributed by atoms with Gasteiger partial charge in [-0.15, -0.1) is 12.6 Å². The van der Waals surface area contributed by atoms with E-state index in [-0.39, 0.29) is 12.0 Å². The Labute approximate surface area is 130 Å². The number of hydrogen-bond acceptors (Lipinski definition) is 3.